The molecule has 0 N–H and O–H groups in total. The van der Waals surface area contributed by atoms with Crippen LogP contribution in [0.3, 0.4) is 0 Å². The third-order valence-electron chi connectivity index (χ3n) is 5.42. The fourth-order valence-corrected chi connectivity index (χ4v) is 4.87. The van der Waals surface area contributed by atoms with Crippen molar-refractivity contribution in [2.75, 3.05) is 18.2 Å². The maximum Gasteiger partial charge on any atom is 0.348 e. The molecule has 36 heavy (non-hydrogen) atoms. The normalized spacial score (nSPS) is 15.4. The Bertz CT molecular complexity index is 1300. The van der Waals surface area contributed by atoms with Gasteiger partial charge in [0, 0.05) is 11.3 Å². The van der Waals surface area contributed by atoms with Crippen LogP contribution in [0, 0.1) is 24.2 Å². The number of carbonyl (C=O) groups excluding carboxylic acids is 4. The van der Waals surface area contributed by atoms with Gasteiger partial charge in [-0.3, -0.25) is 9.59 Å². The first-order valence-electron chi connectivity index (χ1n) is 11.3. The molecule has 0 fully saturated rings. The standard InChI is InChI=1S/C26H25N3O6S/c1-5-34-25(32)22-15(3)23(26(33)35-6-2)36-21(22)13-20(30)17(14-27)12-19-16(4)28-29(24(19)31)18-10-8-7-9-11-18/h7-12,19H,5-6,13H2,1-4H3/b17-12-/t19-/m1/s1. The summed E-state index contributed by atoms with van der Waals surface area (Å²) in [6.45, 7) is 6.80. The number of hydrogen-bond donors (Lipinski definition) is 0. The van der Waals surface area contributed by atoms with Gasteiger partial charge in [0.25, 0.3) is 5.91 Å². The Morgan fingerprint density at radius 2 is 1.75 bits per heavy atom. The van der Waals surface area contributed by atoms with Gasteiger partial charge in [0.1, 0.15) is 10.9 Å². The maximum atomic E-state index is 13.1. The van der Waals surface area contributed by atoms with E-state index in [0.29, 0.717) is 17.0 Å². The summed E-state index contributed by atoms with van der Waals surface area (Å²) in [7, 11) is 0. The molecule has 10 heteroatoms. The first kappa shape index (κ1) is 26.5. The van der Waals surface area contributed by atoms with Crippen molar-refractivity contribution in [1.82, 2.24) is 0 Å². The van der Waals surface area contributed by atoms with E-state index < -0.39 is 23.6 Å². The quantitative estimate of drug-likeness (QED) is 0.285. The SMILES string of the molecule is CCOC(=O)c1sc(CC(=O)/C(C#N)=C\[C@H]2C(=O)N(c3ccccc3)N=C2C)c(C(=O)OCC)c1C. The van der Waals surface area contributed by atoms with Gasteiger partial charge in [0.15, 0.2) is 5.78 Å². The number of Topliss-reactive ketones (excluding diaryl/α,β-unsaturated/α-hetero) is 1. The molecule has 1 aliphatic heterocycles. The zero-order chi connectivity index (χ0) is 26.4. The highest BCUT2D eigenvalue weighted by atomic mass is 32.1. The second kappa shape index (κ2) is 11.6. The average Bonchev–Trinajstić information content (AvgIpc) is 3.33. The first-order valence-corrected chi connectivity index (χ1v) is 12.1. The minimum atomic E-state index is -0.881. The smallest absolute Gasteiger partial charge is 0.348 e. The number of carbonyl (C=O) groups is 4. The van der Waals surface area contributed by atoms with E-state index in [1.807, 2.05) is 12.1 Å². The Morgan fingerprint density at radius 1 is 1.11 bits per heavy atom. The Hall–Kier alpha value is -4.10. The van der Waals surface area contributed by atoms with Crippen LogP contribution >= 0.6 is 11.3 Å². The summed E-state index contributed by atoms with van der Waals surface area (Å²) in [5.74, 6) is -3.14. The molecule has 0 saturated carbocycles. The number of amides is 1. The summed E-state index contributed by atoms with van der Waals surface area (Å²) in [5.41, 5.74) is 1.24. The van der Waals surface area contributed by atoms with Gasteiger partial charge in [0.05, 0.1) is 41.7 Å². The highest BCUT2D eigenvalue weighted by Crippen LogP contribution is 2.31. The van der Waals surface area contributed by atoms with E-state index in [9.17, 15) is 24.4 Å². The second-order valence-corrected chi connectivity index (χ2v) is 8.90. The largest absolute Gasteiger partial charge is 0.462 e. The van der Waals surface area contributed by atoms with Gasteiger partial charge >= 0.3 is 11.9 Å². The molecule has 0 radical (unpaired) electrons. The lowest BCUT2D eigenvalue weighted by Gasteiger charge is -2.12. The molecular weight excluding hydrogens is 482 g/mol. The predicted octanol–water partition coefficient (Wildman–Crippen LogP) is 4.01. The fraction of sp³-hybridized carbons (Fsp3) is 0.308. The van der Waals surface area contributed by atoms with Gasteiger partial charge in [-0.2, -0.15) is 15.4 Å². The number of rotatable bonds is 9. The number of esters is 2. The van der Waals surface area contributed by atoms with Crippen molar-refractivity contribution >= 4 is 46.4 Å². The van der Waals surface area contributed by atoms with Crippen LogP contribution in [-0.4, -0.2) is 42.6 Å². The van der Waals surface area contributed by atoms with Crippen LogP contribution in [0.1, 0.15) is 51.2 Å². The Labute approximate surface area is 212 Å². The van der Waals surface area contributed by atoms with Crippen LogP contribution < -0.4 is 5.01 Å². The molecule has 2 aromatic rings. The number of ketones is 1. The summed E-state index contributed by atoms with van der Waals surface area (Å²) < 4.78 is 10.2. The lowest BCUT2D eigenvalue weighted by Crippen LogP contribution is -2.26. The van der Waals surface area contributed by atoms with E-state index >= 15 is 0 Å². The summed E-state index contributed by atoms with van der Waals surface area (Å²) in [6.07, 6.45) is 0.973. The molecule has 0 aliphatic carbocycles. The zero-order valence-corrected chi connectivity index (χ0v) is 21.2. The van der Waals surface area contributed by atoms with E-state index in [1.165, 1.54) is 11.1 Å². The van der Waals surface area contributed by atoms with E-state index in [4.69, 9.17) is 9.47 Å². The summed E-state index contributed by atoms with van der Waals surface area (Å²) in [5, 5.41) is 15.2. The number of anilines is 1. The summed E-state index contributed by atoms with van der Waals surface area (Å²) in [6, 6.07) is 10.7. The topological polar surface area (TPSA) is 126 Å². The Morgan fingerprint density at radius 3 is 2.36 bits per heavy atom. The van der Waals surface area contributed by atoms with Gasteiger partial charge in [-0.1, -0.05) is 18.2 Å². The lowest BCUT2D eigenvalue weighted by atomic mass is 9.97. The molecule has 1 atom stereocenters. The maximum absolute atomic E-state index is 13.1. The van der Waals surface area contributed by atoms with Crippen LogP contribution in [0.5, 0.6) is 0 Å². The summed E-state index contributed by atoms with van der Waals surface area (Å²) in [4.78, 5) is 51.6. The molecule has 0 bridgehead atoms. The van der Waals surface area contributed by atoms with Crippen molar-refractivity contribution in [3.63, 3.8) is 0 Å². The molecular formula is C26H25N3O6S. The van der Waals surface area contributed by atoms with Crippen LogP contribution in [0.25, 0.3) is 0 Å². The highest BCUT2D eigenvalue weighted by Gasteiger charge is 2.34. The number of nitriles is 1. The Balaban J connectivity index is 1.91. The minimum absolute atomic E-state index is 0.111. The molecule has 1 amide bonds. The third-order valence-corrected chi connectivity index (χ3v) is 6.69. The molecule has 3 rings (SSSR count). The van der Waals surface area contributed by atoms with Crippen molar-refractivity contribution in [2.24, 2.45) is 11.0 Å². The van der Waals surface area contributed by atoms with Gasteiger partial charge in [-0.05, 0) is 51.5 Å². The van der Waals surface area contributed by atoms with Crippen LogP contribution in [0.4, 0.5) is 5.69 Å². The molecule has 0 unspecified atom stereocenters. The first-order chi connectivity index (χ1) is 17.2. The van der Waals surface area contributed by atoms with E-state index in [1.54, 1.807) is 52.0 Å². The zero-order valence-electron chi connectivity index (χ0n) is 20.4. The summed E-state index contributed by atoms with van der Waals surface area (Å²) >= 11 is 0.954. The van der Waals surface area contributed by atoms with Crippen molar-refractivity contribution in [2.45, 2.75) is 34.1 Å². The lowest BCUT2D eigenvalue weighted by molar-refractivity contribution is -0.118. The van der Waals surface area contributed by atoms with E-state index in [2.05, 4.69) is 5.10 Å². The number of para-hydroxylation sites is 1. The number of thiophene rings is 1. The molecule has 1 aliphatic rings. The van der Waals surface area contributed by atoms with Crippen molar-refractivity contribution < 1.29 is 28.7 Å². The second-order valence-electron chi connectivity index (χ2n) is 7.79. The third kappa shape index (κ3) is 5.42. The van der Waals surface area contributed by atoms with E-state index in [0.717, 1.165) is 11.3 Å². The fourth-order valence-electron chi connectivity index (χ4n) is 3.69. The molecule has 2 heterocycles. The molecule has 186 valence electrons. The number of hydrazone groups is 1. The van der Waals surface area contributed by atoms with Crippen molar-refractivity contribution in [1.29, 1.82) is 5.26 Å². The van der Waals surface area contributed by atoms with Crippen LogP contribution in [0.15, 0.2) is 47.1 Å². The number of hydrogen-bond acceptors (Lipinski definition) is 9. The highest BCUT2D eigenvalue weighted by molar-refractivity contribution is 7.14. The average molecular weight is 508 g/mol. The van der Waals surface area contributed by atoms with Crippen LogP contribution in [0.2, 0.25) is 0 Å². The van der Waals surface area contributed by atoms with Gasteiger partial charge < -0.3 is 9.47 Å². The molecule has 1 aromatic carbocycles. The monoisotopic (exact) mass is 507 g/mol. The predicted molar refractivity (Wildman–Crippen MR) is 134 cm³/mol. The molecule has 0 saturated heterocycles. The van der Waals surface area contributed by atoms with Gasteiger partial charge in [-0.25, -0.2) is 9.59 Å². The molecule has 1 aromatic heterocycles. The Kier molecular flexibility index (Phi) is 8.51. The number of ether oxygens (including phenoxy) is 2. The number of benzene rings is 1. The van der Waals surface area contributed by atoms with Gasteiger partial charge in [0.2, 0.25) is 0 Å². The van der Waals surface area contributed by atoms with Gasteiger partial charge in [-0.15, -0.1) is 11.3 Å². The van der Waals surface area contributed by atoms with Crippen molar-refractivity contribution in [3.05, 3.63) is 62.9 Å². The van der Waals surface area contributed by atoms with Crippen molar-refractivity contribution in [3.8, 4) is 6.07 Å². The van der Waals surface area contributed by atoms with E-state index in [-0.39, 0.29) is 46.4 Å². The molecule has 0 spiro atoms. The van der Waals surface area contributed by atoms with Crippen LogP contribution in [-0.2, 0) is 25.5 Å². The molecule has 9 nitrogen and oxygen atoms in total. The minimum Gasteiger partial charge on any atom is -0.462 e. The number of allylic oxidation sites excluding steroid dienone is 1. The number of nitrogens with zero attached hydrogens (tertiary/aromatic N) is 3.